The molecule has 0 bridgehead atoms. The lowest BCUT2D eigenvalue weighted by atomic mass is 9.91. The van der Waals surface area contributed by atoms with Gasteiger partial charge in [-0.15, -0.1) is 0 Å². The van der Waals surface area contributed by atoms with Crippen LogP contribution in [0.1, 0.15) is 62.2 Å². The molecule has 1 aromatic carbocycles. The van der Waals surface area contributed by atoms with Crippen molar-refractivity contribution in [3.63, 3.8) is 0 Å². The van der Waals surface area contributed by atoms with Crippen LogP contribution in [0, 0.1) is 11.8 Å². The molecule has 0 spiro atoms. The number of rotatable bonds is 8. The molecule has 0 N–H and O–H groups in total. The SMILES string of the molecule is CCCN(CC1CC1)C(=O)CCC1CCN(C(=O)c2ccccc2Cl)CC1. The molecule has 0 aromatic heterocycles. The van der Waals surface area contributed by atoms with Gasteiger partial charge in [0.15, 0.2) is 0 Å². The molecule has 1 aliphatic carbocycles. The summed E-state index contributed by atoms with van der Waals surface area (Å²) < 4.78 is 0. The Bertz CT molecular complexity index is 651. The van der Waals surface area contributed by atoms with Gasteiger partial charge in [0.1, 0.15) is 0 Å². The van der Waals surface area contributed by atoms with E-state index in [-0.39, 0.29) is 5.91 Å². The van der Waals surface area contributed by atoms with Crippen LogP contribution in [0.2, 0.25) is 5.02 Å². The highest BCUT2D eigenvalue weighted by Crippen LogP contribution is 2.30. The molecule has 1 aliphatic heterocycles. The molecule has 2 aliphatic rings. The molecule has 4 nitrogen and oxygen atoms in total. The van der Waals surface area contributed by atoms with Crippen molar-refractivity contribution >= 4 is 23.4 Å². The fourth-order valence-corrected chi connectivity index (χ4v) is 4.13. The molecule has 148 valence electrons. The Labute approximate surface area is 167 Å². The zero-order chi connectivity index (χ0) is 19.2. The number of benzene rings is 1. The highest BCUT2D eigenvalue weighted by atomic mass is 35.5. The predicted molar refractivity (Wildman–Crippen MR) is 109 cm³/mol. The first-order chi connectivity index (χ1) is 13.1. The molecule has 1 saturated heterocycles. The maximum absolute atomic E-state index is 12.6. The molecule has 1 aromatic rings. The quantitative estimate of drug-likeness (QED) is 0.649. The number of likely N-dealkylation sites (tertiary alicyclic amines) is 1. The second-order valence-electron chi connectivity index (χ2n) is 8.04. The van der Waals surface area contributed by atoms with Crippen molar-refractivity contribution in [1.82, 2.24) is 9.80 Å². The molecular formula is C22H31ClN2O2. The second-order valence-corrected chi connectivity index (χ2v) is 8.44. The van der Waals surface area contributed by atoms with Crippen molar-refractivity contribution in [2.45, 2.75) is 51.9 Å². The summed E-state index contributed by atoms with van der Waals surface area (Å²) in [7, 11) is 0. The topological polar surface area (TPSA) is 40.6 Å². The van der Waals surface area contributed by atoms with Gasteiger partial charge in [0, 0.05) is 32.6 Å². The van der Waals surface area contributed by atoms with Crippen LogP contribution in [0.25, 0.3) is 0 Å². The normalized spacial score (nSPS) is 17.8. The van der Waals surface area contributed by atoms with Crippen molar-refractivity contribution in [2.75, 3.05) is 26.2 Å². The van der Waals surface area contributed by atoms with Crippen LogP contribution in [0.3, 0.4) is 0 Å². The average Bonchev–Trinajstić information content (AvgIpc) is 3.50. The third-order valence-corrected chi connectivity index (χ3v) is 6.12. The number of carbonyl (C=O) groups excluding carboxylic acids is 2. The lowest BCUT2D eigenvalue weighted by molar-refractivity contribution is -0.131. The van der Waals surface area contributed by atoms with Crippen LogP contribution < -0.4 is 0 Å². The number of nitrogens with zero attached hydrogens (tertiary/aromatic N) is 2. The summed E-state index contributed by atoms with van der Waals surface area (Å²) in [4.78, 5) is 29.2. The number of amides is 2. The maximum Gasteiger partial charge on any atom is 0.255 e. The minimum absolute atomic E-state index is 0.0219. The highest BCUT2D eigenvalue weighted by molar-refractivity contribution is 6.33. The van der Waals surface area contributed by atoms with Gasteiger partial charge in [-0.1, -0.05) is 30.7 Å². The smallest absolute Gasteiger partial charge is 0.255 e. The Kier molecular flexibility index (Phi) is 7.17. The van der Waals surface area contributed by atoms with Gasteiger partial charge in [0.05, 0.1) is 10.6 Å². The Morgan fingerprint density at radius 2 is 1.81 bits per heavy atom. The third-order valence-electron chi connectivity index (χ3n) is 5.79. The third kappa shape index (κ3) is 5.71. The molecule has 0 radical (unpaired) electrons. The predicted octanol–water partition coefficient (Wildman–Crippen LogP) is 4.62. The molecule has 2 fully saturated rings. The van der Waals surface area contributed by atoms with E-state index in [0.717, 1.165) is 57.8 Å². The van der Waals surface area contributed by atoms with Crippen LogP contribution in [-0.4, -0.2) is 47.8 Å². The molecule has 5 heteroatoms. The number of halogens is 1. The number of hydrogen-bond donors (Lipinski definition) is 0. The van der Waals surface area contributed by atoms with E-state index in [9.17, 15) is 9.59 Å². The Hall–Kier alpha value is -1.55. The van der Waals surface area contributed by atoms with Gasteiger partial charge >= 0.3 is 0 Å². The first kappa shape index (κ1) is 20.2. The summed E-state index contributed by atoms with van der Waals surface area (Å²) in [6.07, 6.45) is 7.13. The molecule has 0 unspecified atom stereocenters. The van der Waals surface area contributed by atoms with Crippen molar-refractivity contribution in [3.05, 3.63) is 34.9 Å². The fourth-order valence-electron chi connectivity index (χ4n) is 3.92. The Morgan fingerprint density at radius 3 is 2.44 bits per heavy atom. The zero-order valence-electron chi connectivity index (χ0n) is 16.3. The molecule has 2 amide bonds. The van der Waals surface area contributed by atoms with Gasteiger partial charge in [-0.25, -0.2) is 0 Å². The lowest BCUT2D eigenvalue weighted by Gasteiger charge is -2.32. The van der Waals surface area contributed by atoms with Crippen molar-refractivity contribution in [1.29, 1.82) is 0 Å². The van der Waals surface area contributed by atoms with E-state index in [4.69, 9.17) is 11.6 Å². The van der Waals surface area contributed by atoms with E-state index in [1.54, 1.807) is 12.1 Å². The minimum Gasteiger partial charge on any atom is -0.342 e. The summed E-state index contributed by atoms with van der Waals surface area (Å²) in [5.41, 5.74) is 0.586. The van der Waals surface area contributed by atoms with Gasteiger partial charge in [0.25, 0.3) is 5.91 Å². The molecule has 1 saturated carbocycles. The molecule has 0 atom stereocenters. The summed E-state index contributed by atoms with van der Waals surface area (Å²) >= 11 is 6.16. The first-order valence-electron chi connectivity index (χ1n) is 10.4. The largest absolute Gasteiger partial charge is 0.342 e. The minimum atomic E-state index is 0.0219. The van der Waals surface area contributed by atoms with Crippen LogP contribution in [0.4, 0.5) is 0 Å². The standard InChI is InChI=1S/C22H31ClN2O2/c1-2-13-25(16-18-7-8-18)21(26)10-9-17-11-14-24(15-12-17)22(27)19-5-3-4-6-20(19)23/h3-6,17-18H,2,7-16H2,1H3. The van der Waals surface area contributed by atoms with Crippen LogP contribution >= 0.6 is 11.6 Å². The Morgan fingerprint density at radius 1 is 1.11 bits per heavy atom. The number of carbonyl (C=O) groups is 2. The van der Waals surface area contributed by atoms with Crippen LogP contribution in [0.5, 0.6) is 0 Å². The Balaban J connectivity index is 1.43. The van der Waals surface area contributed by atoms with E-state index in [1.165, 1.54) is 12.8 Å². The van der Waals surface area contributed by atoms with Crippen LogP contribution in [0.15, 0.2) is 24.3 Å². The van der Waals surface area contributed by atoms with E-state index in [2.05, 4.69) is 11.8 Å². The number of hydrogen-bond acceptors (Lipinski definition) is 2. The number of piperidine rings is 1. The van der Waals surface area contributed by atoms with E-state index >= 15 is 0 Å². The van der Waals surface area contributed by atoms with Gasteiger partial charge in [-0.3, -0.25) is 9.59 Å². The summed E-state index contributed by atoms with van der Waals surface area (Å²) in [5, 5.41) is 0.516. The van der Waals surface area contributed by atoms with E-state index in [1.807, 2.05) is 17.0 Å². The van der Waals surface area contributed by atoms with Crippen molar-refractivity contribution in [3.8, 4) is 0 Å². The van der Waals surface area contributed by atoms with Gasteiger partial charge in [-0.05, 0) is 62.5 Å². The monoisotopic (exact) mass is 390 g/mol. The lowest BCUT2D eigenvalue weighted by Crippen LogP contribution is -2.39. The molecular weight excluding hydrogens is 360 g/mol. The maximum atomic E-state index is 12.6. The van der Waals surface area contributed by atoms with Crippen molar-refractivity contribution < 1.29 is 9.59 Å². The zero-order valence-corrected chi connectivity index (χ0v) is 17.1. The van der Waals surface area contributed by atoms with E-state index in [0.29, 0.717) is 28.8 Å². The fraction of sp³-hybridized carbons (Fsp3) is 0.636. The molecule has 1 heterocycles. The summed E-state index contributed by atoms with van der Waals surface area (Å²) in [6, 6.07) is 7.24. The molecule has 27 heavy (non-hydrogen) atoms. The second kappa shape index (κ2) is 9.59. The van der Waals surface area contributed by atoms with E-state index < -0.39 is 0 Å². The van der Waals surface area contributed by atoms with Crippen LogP contribution in [-0.2, 0) is 4.79 Å². The first-order valence-corrected chi connectivity index (χ1v) is 10.8. The van der Waals surface area contributed by atoms with Gasteiger partial charge in [-0.2, -0.15) is 0 Å². The van der Waals surface area contributed by atoms with Crippen molar-refractivity contribution in [2.24, 2.45) is 11.8 Å². The van der Waals surface area contributed by atoms with Gasteiger partial charge in [0.2, 0.25) is 5.91 Å². The highest BCUT2D eigenvalue weighted by Gasteiger charge is 2.28. The molecule has 3 rings (SSSR count). The average molecular weight is 391 g/mol. The summed E-state index contributed by atoms with van der Waals surface area (Å²) in [5.74, 6) is 1.63. The summed E-state index contributed by atoms with van der Waals surface area (Å²) in [6.45, 7) is 5.49. The van der Waals surface area contributed by atoms with Gasteiger partial charge < -0.3 is 9.80 Å².